The van der Waals surface area contributed by atoms with Gasteiger partial charge in [0.05, 0.1) is 0 Å². The third kappa shape index (κ3) is 1.36. The Balaban J connectivity index is 2.45. The molecular weight excluding hydrogens is 134 g/mol. The van der Waals surface area contributed by atoms with E-state index in [0.717, 1.165) is 5.57 Å². The average molecular weight is 146 g/mol. The quantitative estimate of drug-likeness (QED) is 0.537. The standard InChI is InChI=1S/C8H12F2/c1-6(2)5-8(3-4-8)7(9)10/h7H,1,3-5H2,2H3. The van der Waals surface area contributed by atoms with Crippen LogP contribution in [0.5, 0.6) is 0 Å². The van der Waals surface area contributed by atoms with Crippen molar-refractivity contribution in [1.29, 1.82) is 0 Å². The van der Waals surface area contributed by atoms with E-state index in [1.165, 1.54) is 0 Å². The first-order valence-electron chi connectivity index (χ1n) is 3.49. The lowest BCUT2D eigenvalue weighted by Crippen LogP contribution is -2.11. The summed E-state index contributed by atoms with van der Waals surface area (Å²) in [6.07, 6.45) is -0.288. The minimum atomic E-state index is -2.15. The van der Waals surface area contributed by atoms with Gasteiger partial charge in [0.1, 0.15) is 0 Å². The van der Waals surface area contributed by atoms with Gasteiger partial charge in [-0.2, -0.15) is 0 Å². The molecule has 1 aliphatic rings. The minimum Gasteiger partial charge on any atom is -0.210 e. The van der Waals surface area contributed by atoms with Crippen LogP contribution in [0.4, 0.5) is 8.78 Å². The highest BCUT2D eigenvalue weighted by Crippen LogP contribution is 2.54. The lowest BCUT2D eigenvalue weighted by atomic mass is 9.99. The predicted molar refractivity (Wildman–Crippen MR) is 37.1 cm³/mol. The molecule has 0 aliphatic heterocycles. The van der Waals surface area contributed by atoms with Crippen LogP contribution in [0, 0.1) is 5.41 Å². The molecule has 1 saturated carbocycles. The number of allylic oxidation sites excluding steroid dienone is 1. The average Bonchev–Trinajstić information content (AvgIpc) is 2.46. The Bertz CT molecular complexity index is 145. The molecule has 1 fully saturated rings. The third-order valence-electron chi connectivity index (χ3n) is 2.01. The minimum absolute atomic E-state index is 0.505. The summed E-state index contributed by atoms with van der Waals surface area (Å²) in [7, 11) is 0. The monoisotopic (exact) mass is 146 g/mol. The Morgan fingerprint density at radius 2 is 2.10 bits per heavy atom. The first-order chi connectivity index (χ1) is 4.57. The molecule has 0 amide bonds. The van der Waals surface area contributed by atoms with Crippen molar-refractivity contribution in [3.8, 4) is 0 Å². The van der Waals surface area contributed by atoms with Crippen LogP contribution in [-0.4, -0.2) is 6.43 Å². The Morgan fingerprint density at radius 1 is 1.60 bits per heavy atom. The second-order valence-electron chi connectivity index (χ2n) is 3.30. The van der Waals surface area contributed by atoms with Gasteiger partial charge in [-0.15, -0.1) is 6.58 Å². The fraction of sp³-hybridized carbons (Fsp3) is 0.750. The number of rotatable bonds is 3. The van der Waals surface area contributed by atoms with E-state index in [0.29, 0.717) is 19.3 Å². The normalized spacial score (nSPS) is 21.2. The molecule has 2 heteroatoms. The summed E-state index contributed by atoms with van der Waals surface area (Å²) in [6, 6.07) is 0. The largest absolute Gasteiger partial charge is 0.244 e. The van der Waals surface area contributed by atoms with Gasteiger partial charge in [0.15, 0.2) is 0 Å². The van der Waals surface area contributed by atoms with Crippen molar-refractivity contribution in [3.05, 3.63) is 12.2 Å². The van der Waals surface area contributed by atoms with Gasteiger partial charge < -0.3 is 0 Å². The Morgan fingerprint density at radius 3 is 2.20 bits per heavy atom. The van der Waals surface area contributed by atoms with Gasteiger partial charge in [0, 0.05) is 5.41 Å². The van der Waals surface area contributed by atoms with Gasteiger partial charge >= 0.3 is 0 Å². The SMILES string of the molecule is C=C(C)CC1(C(F)F)CC1. The highest BCUT2D eigenvalue weighted by atomic mass is 19.3. The van der Waals surface area contributed by atoms with E-state index in [1.54, 1.807) is 0 Å². The van der Waals surface area contributed by atoms with Crippen LogP contribution in [0.3, 0.4) is 0 Å². The van der Waals surface area contributed by atoms with Crippen molar-refractivity contribution >= 4 is 0 Å². The summed E-state index contributed by atoms with van der Waals surface area (Å²) < 4.78 is 24.4. The lowest BCUT2D eigenvalue weighted by Gasteiger charge is -2.12. The summed E-state index contributed by atoms with van der Waals surface area (Å²) in [4.78, 5) is 0. The highest BCUT2D eigenvalue weighted by molar-refractivity contribution is 5.05. The van der Waals surface area contributed by atoms with Gasteiger partial charge in [0.2, 0.25) is 6.43 Å². The molecule has 0 aromatic carbocycles. The van der Waals surface area contributed by atoms with Crippen molar-refractivity contribution < 1.29 is 8.78 Å². The molecule has 10 heavy (non-hydrogen) atoms. The highest BCUT2D eigenvalue weighted by Gasteiger charge is 2.50. The molecule has 0 aromatic heterocycles. The van der Waals surface area contributed by atoms with Crippen LogP contribution in [-0.2, 0) is 0 Å². The van der Waals surface area contributed by atoms with Crippen LogP contribution in [0.2, 0.25) is 0 Å². The van der Waals surface area contributed by atoms with Crippen LogP contribution in [0.25, 0.3) is 0 Å². The molecule has 0 unspecified atom stereocenters. The summed E-state index contributed by atoms with van der Waals surface area (Å²) in [6.45, 7) is 5.44. The van der Waals surface area contributed by atoms with E-state index < -0.39 is 11.8 Å². The predicted octanol–water partition coefficient (Wildman–Crippen LogP) is 3.00. The molecule has 58 valence electrons. The first kappa shape index (κ1) is 7.70. The second-order valence-corrected chi connectivity index (χ2v) is 3.30. The lowest BCUT2D eigenvalue weighted by molar-refractivity contribution is 0.0617. The van der Waals surface area contributed by atoms with Crippen LogP contribution in [0.15, 0.2) is 12.2 Å². The van der Waals surface area contributed by atoms with Gasteiger partial charge in [-0.3, -0.25) is 0 Å². The zero-order valence-electron chi connectivity index (χ0n) is 6.16. The molecule has 0 bridgehead atoms. The van der Waals surface area contributed by atoms with Crippen molar-refractivity contribution in [1.82, 2.24) is 0 Å². The van der Waals surface area contributed by atoms with Crippen LogP contribution in [0.1, 0.15) is 26.2 Å². The van der Waals surface area contributed by atoms with Crippen molar-refractivity contribution in [2.75, 3.05) is 0 Å². The molecule has 0 aromatic rings. The van der Waals surface area contributed by atoms with Gasteiger partial charge in [-0.1, -0.05) is 5.57 Å². The molecule has 0 saturated heterocycles. The first-order valence-corrected chi connectivity index (χ1v) is 3.49. The fourth-order valence-electron chi connectivity index (χ4n) is 1.23. The molecule has 0 N–H and O–H groups in total. The maximum atomic E-state index is 12.2. The number of hydrogen-bond acceptors (Lipinski definition) is 0. The van der Waals surface area contributed by atoms with Crippen molar-refractivity contribution in [2.24, 2.45) is 5.41 Å². The Hall–Kier alpha value is -0.400. The zero-order valence-corrected chi connectivity index (χ0v) is 6.16. The maximum absolute atomic E-state index is 12.2. The maximum Gasteiger partial charge on any atom is 0.244 e. The molecule has 0 atom stereocenters. The van der Waals surface area contributed by atoms with E-state index in [4.69, 9.17) is 0 Å². The third-order valence-corrected chi connectivity index (χ3v) is 2.01. The Labute approximate surface area is 59.9 Å². The van der Waals surface area contributed by atoms with Crippen molar-refractivity contribution in [2.45, 2.75) is 32.6 Å². The Kier molecular flexibility index (Phi) is 1.80. The number of hydrogen-bond donors (Lipinski definition) is 0. The van der Waals surface area contributed by atoms with Crippen molar-refractivity contribution in [3.63, 3.8) is 0 Å². The van der Waals surface area contributed by atoms with E-state index in [2.05, 4.69) is 6.58 Å². The molecule has 0 radical (unpaired) electrons. The topological polar surface area (TPSA) is 0 Å². The molecule has 0 nitrogen and oxygen atoms in total. The van der Waals surface area contributed by atoms with E-state index in [-0.39, 0.29) is 0 Å². The van der Waals surface area contributed by atoms with Crippen LogP contribution < -0.4 is 0 Å². The van der Waals surface area contributed by atoms with Gasteiger partial charge in [-0.05, 0) is 26.2 Å². The summed E-state index contributed by atoms with van der Waals surface area (Å²) in [5.74, 6) is 0. The molecule has 0 heterocycles. The molecule has 1 rings (SSSR count). The molecule has 0 spiro atoms. The van der Waals surface area contributed by atoms with E-state index in [1.807, 2.05) is 6.92 Å². The fourth-order valence-corrected chi connectivity index (χ4v) is 1.23. The van der Waals surface area contributed by atoms with Gasteiger partial charge in [0.25, 0.3) is 0 Å². The summed E-state index contributed by atoms with van der Waals surface area (Å²) in [5.41, 5.74) is 0.212. The summed E-state index contributed by atoms with van der Waals surface area (Å²) >= 11 is 0. The molecular formula is C8H12F2. The van der Waals surface area contributed by atoms with E-state index in [9.17, 15) is 8.78 Å². The number of halogens is 2. The number of alkyl halides is 2. The summed E-state index contributed by atoms with van der Waals surface area (Å²) in [5, 5.41) is 0. The van der Waals surface area contributed by atoms with E-state index >= 15 is 0 Å². The smallest absolute Gasteiger partial charge is 0.210 e. The van der Waals surface area contributed by atoms with Gasteiger partial charge in [-0.25, -0.2) is 8.78 Å². The second kappa shape index (κ2) is 2.33. The zero-order chi connectivity index (χ0) is 7.78. The van der Waals surface area contributed by atoms with Crippen LogP contribution >= 0.6 is 0 Å². The molecule has 1 aliphatic carbocycles.